The van der Waals surface area contributed by atoms with E-state index < -0.39 is 0 Å². The predicted molar refractivity (Wildman–Crippen MR) is 143 cm³/mol. The number of piperazine rings is 1. The molecule has 0 bridgehead atoms. The Morgan fingerprint density at radius 3 is 2.62 bits per heavy atom. The fourth-order valence-corrected chi connectivity index (χ4v) is 4.75. The number of nitrogens with one attached hydrogen (secondary N) is 2. The molecule has 0 saturated carbocycles. The van der Waals surface area contributed by atoms with Crippen LogP contribution in [0.3, 0.4) is 0 Å². The molecule has 1 amide bonds. The van der Waals surface area contributed by atoms with Gasteiger partial charge in [0.25, 0.3) is 5.91 Å². The molecule has 2 N–H and O–H groups in total. The molecule has 186 valence electrons. The molecule has 5 aromatic rings. The van der Waals surface area contributed by atoms with Crippen molar-refractivity contribution in [2.75, 3.05) is 36.4 Å². The molecule has 0 aliphatic carbocycles. The number of benzene rings is 1. The predicted octanol–water partition coefficient (Wildman–Crippen LogP) is 4.11. The number of hydrogen-bond acceptors (Lipinski definition) is 7. The summed E-state index contributed by atoms with van der Waals surface area (Å²) in [7, 11) is 1.91. The highest BCUT2D eigenvalue weighted by Crippen LogP contribution is 2.30. The van der Waals surface area contributed by atoms with Crippen LogP contribution in [0, 0.1) is 0 Å². The lowest BCUT2D eigenvalue weighted by atomic mass is 10.2. The highest BCUT2D eigenvalue weighted by atomic mass is 35.5. The number of fused-ring (bicyclic) bond motifs is 1. The first-order chi connectivity index (χ1) is 18.0. The molecule has 1 aromatic carbocycles. The van der Waals surface area contributed by atoms with Gasteiger partial charge in [-0.2, -0.15) is 0 Å². The van der Waals surface area contributed by atoms with Gasteiger partial charge in [0.05, 0.1) is 22.6 Å². The molecular formula is C26H24ClN9O. The van der Waals surface area contributed by atoms with Crippen molar-refractivity contribution < 1.29 is 4.79 Å². The maximum Gasteiger partial charge on any atom is 0.270 e. The van der Waals surface area contributed by atoms with Crippen molar-refractivity contribution in [3.8, 4) is 11.4 Å². The fraction of sp³-hybridized carbons (Fsp3) is 0.192. The van der Waals surface area contributed by atoms with Crippen LogP contribution in [0.5, 0.6) is 0 Å². The van der Waals surface area contributed by atoms with Gasteiger partial charge < -0.3 is 24.7 Å². The zero-order chi connectivity index (χ0) is 25.4. The van der Waals surface area contributed by atoms with Gasteiger partial charge in [0.1, 0.15) is 17.2 Å². The maximum absolute atomic E-state index is 13.2. The number of nitrogens with zero attached hydrogens (tertiary/aromatic N) is 7. The summed E-state index contributed by atoms with van der Waals surface area (Å²) >= 11 is 6.59. The first-order valence-corrected chi connectivity index (χ1v) is 12.3. The number of aromatic nitrogens is 6. The van der Waals surface area contributed by atoms with E-state index in [4.69, 9.17) is 11.6 Å². The standard InChI is InChI=1S/C26H24ClN9O/c1-34-15-22(30-16-34)20-5-7-29-26(33-20)31-18-12-17-13-21(32-24(17)19(27)14-18)25(37)36-10-8-35(9-11-36)23-4-2-3-6-28-23/h2-7,12-16,32H,8-11H2,1H3,(H,29,31,33). The van der Waals surface area contributed by atoms with Crippen LogP contribution < -0.4 is 10.2 Å². The SMILES string of the molecule is Cn1cnc(-c2ccnc(Nc3cc(Cl)c4[nH]c(C(=O)N5CCN(c6ccccn6)CC5)cc4c3)n2)c1. The number of amides is 1. The van der Waals surface area contributed by atoms with Crippen molar-refractivity contribution >= 4 is 45.9 Å². The number of aryl methyl sites for hydroxylation is 1. The van der Waals surface area contributed by atoms with Gasteiger partial charge in [0.2, 0.25) is 5.95 Å². The molecule has 1 fully saturated rings. The summed E-state index contributed by atoms with van der Waals surface area (Å²) in [5, 5.41) is 4.54. The van der Waals surface area contributed by atoms with Gasteiger partial charge in [0.15, 0.2) is 0 Å². The number of aromatic amines is 1. The summed E-state index contributed by atoms with van der Waals surface area (Å²) in [6.07, 6.45) is 7.09. The average Bonchev–Trinajstić information content (AvgIpc) is 3.56. The summed E-state index contributed by atoms with van der Waals surface area (Å²) in [6, 6.07) is 13.2. The summed E-state index contributed by atoms with van der Waals surface area (Å²) in [5.74, 6) is 1.31. The highest BCUT2D eigenvalue weighted by molar-refractivity contribution is 6.35. The monoisotopic (exact) mass is 513 g/mol. The molecule has 0 spiro atoms. The largest absolute Gasteiger partial charge is 0.353 e. The Bertz CT molecular complexity index is 1570. The molecule has 5 heterocycles. The van der Waals surface area contributed by atoms with E-state index in [2.05, 4.69) is 35.1 Å². The molecule has 10 nitrogen and oxygen atoms in total. The van der Waals surface area contributed by atoms with Crippen LogP contribution in [0.4, 0.5) is 17.5 Å². The molecule has 1 aliphatic heterocycles. The third kappa shape index (κ3) is 4.70. The lowest BCUT2D eigenvalue weighted by molar-refractivity contribution is 0.0741. The second-order valence-electron chi connectivity index (χ2n) is 8.89. The molecule has 0 radical (unpaired) electrons. The third-order valence-electron chi connectivity index (χ3n) is 6.33. The van der Waals surface area contributed by atoms with E-state index >= 15 is 0 Å². The number of H-pyrrole nitrogens is 1. The lowest BCUT2D eigenvalue weighted by Crippen LogP contribution is -2.49. The van der Waals surface area contributed by atoms with Gasteiger partial charge in [-0.15, -0.1) is 0 Å². The van der Waals surface area contributed by atoms with Crippen molar-refractivity contribution in [2.24, 2.45) is 7.05 Å². The van der Waals surface area contributed by atoms with Crippen LogP contribution in [-0.4, -0.2) is 66.5 Å². The Kier molecular flexibility index (Phi) is 5.93. The molecule has 1 saturated heterocycles. The minimum Gasteiger partial charge on any atom is -0.353 e. The van der Waals surface area contributed by atoms with E-state index in [1.54, 1.807) is 24.8 Å². The second-order valence-corrected chi connectivity index (χ2v) is 9.29. The Hall–Kier alpha value is -4.44. The number of pyridine rings is 1. The van der Waals surface area contributed by atoms with Crippen LogP contribution in [0.2, 0.25) is 5.02 Å². The van der Waals surface area contributed by atoms with Crippen molar-refractivity contribution in [3.05, 3.63) is 78.1 Å². The number of carbonyl (C=O) groups is 1. The molecule has 1 aliphatic rings. The molecule has 6 rings (SSSR count). The van der Waals surface area contributed by atoms with Gasteiger partial charge in [-0.1, -0.05) is 17.7 Å². The topological polar surface area (TPSA) is 108 Å². The average molecular weight is 514 g/mol. The van der Waals surface area contributed by atoms with Crippen molar-refractivity contribution in [1.82, 2.24) is 34.4 Å². The van der Waals surface area contributed by atoms with Gasteiger partial charge in [-0.25, -0.2) is 19.9 Å². The van der Waals surface area contributed by atoms with Crippen molar-refractivity contribution in [1.29, 1.82) is 0 Å². The number of carbonyl (C=O) groups excluding carboxylic acids is 1. The quantitative estimate of drug-likeness (QED) is 0.364. The van der Waals surface area contributed by atoms with Gasteiger partial charge in [0, 0.05) is 62.9 Å². The van der Waals surface area contributed by atoms with Crippen LogP contribution in [0.15, 0.2) is 67.4 Å². The third-order valence-corrected chi connectivity index (χ3v) is 6.63. The summed E-state index contributed by atoms with van der Waals surface area (Å²) in [5.41, 5.74) is 3.41. The molecule has 0 unspecified atom stereocenters. The normalized spacial score (nSPS) is 13.8. The first-order valence-electron chi connectivity index (χ1n) is 11.9. The van der Waals surface area contributed by atoms with Gasteiger partial charge >= 0.3 is 0 Å². The van der Waals surface area contributed by atoms with E-state index in [1.807, 2.05) is 59.1 Å². The summed E-state index contributed by atoms with van der Waals surface area (Å²) < 4.78 is 1.86. The smallest absolute Gasteiger partial charge is 0.270 e. The number of rotatable bonds is 5. The van der Waals surface area contributed by atoms with Crippen molar-refractivity contribution in [2.45, 2.75) is 0 Å². The second kappa shape index (κ2) is 9.55. The zero-order valence-corrected chi connectivity index (χ0v) is 20.9. The van der Waals surface area contributed by atoms with Gasteiger partial charge in [-0.05, 0) is 36.4 Å². The minimum absolute atomic E-state index is 0.0474. The molecule has 11 heteroatoms. The van der Waals surface area contributed by atoms with E-state index in [1.165, 1.54) is 0 Å². The Labute approximate surface area is 218 Å². The molecule has 4 aromatic heterocycles. The van der Waals surface area contributed by atoms with E-state index in [-0.39, 0.29) is 5.91 Å². The van der Waals surface area contributed by atoms with E-state index in [0.29, 0.717) is 41.0 Å². The Morgan fingerprint density at radius 1 is 1.00 bits per heavy atom. The summed E-state index contributed by atoms with van der Waals surface area (Å²) in [4.78, 5) is 38.1. The van der Waals surface area contributed by atoms with Crippen LogP contribution >= 0.6 is 11.6 Å². The van der Waals surface area contributed by atoms with E-state index in [9.17, 15) is 4.79 Å². The zero-order valence-electron chi connectivity index (χ0n) is 20.1. The number of hydrogen-bond donors (Lipinski definition) is 2. The molecule has 0 atom stereocenters. The molecular weight excluding hydrogens is 490 g/mol. The maximum atomic E-state index is 13.2. The number of halogens is 1. The number of imidazole rings is 1. The summed E-state index contributed by atoms with van der Waals surface area (Å²) in [6.45, 7) is 2.70. The van der Waals surface area contributed by atoms with E-state index in [0.717, 1.165) is 35.7 Å². The van der Waals surface area contributed by atoms with Crippen LogP contribution in [0.25, 0.3) is 22.3 Å². The van der Waals surface area contributed by atoms with Gasteiger partial charge in [-0.3, -0.25) is 4.79 Å². The molecule has 37 heavy (non-hydrogen) atoms. The Balaban J connectivity index is 1.18. The fourth-order valence-electron chi connectivity index (χ4n) is 4.47. The Morgan fingerprint density at radius 2 is 1.86 bits per heavy atom. The highest BCUT2D eigenvalue weighted by Gasteiger charge is 2.24. The van der Waals surface area contributed by atoms with Crippen LogP contribution in [0.1, 0.15) is 10.5 Å². The first kappa shape index (κ1) is 23.0. The minimum atomic E-state index is -0.0474. The lowest BCUT2D eigenvalue weighted by Gasteiger charge is -2.35. The van der Waals surface area contributed by atoms with Crippen LogP contribution in [-0.2, 0) is 7.05 Å². The number of anilines is 3. The van der Waals surface area contributed by atoms with Crippen molar-refractivity contribution in [3.63, 3.8) is 0 Å².